The van der Waals surface area contributed by atoms with Gasteiger partial charge in [-0.1, -0.05) is 24.3 Å². The Morgan fingerprint density at radius 1 is 1.44 bits per heavy atom. The third kappa shape index (κ3) is 3.40. The minimum absolute atomic E-state index is 0.00467. The fraction of sp³-hybridized carbons (Fsp3) is 0.462. The minimum atomic E-state index is -0.858. The van der Waals surface area contributed by atoms with Crippen LogP contribution in [-0.2, 0) is 28.6 Å². The van der Waals surface area contributed by atoms with Gasteiger partial charge in [-0.25, -0.2) is 0 Å². The van der Waals surface area contributed by atoms with E-state index in [1.807, 2.05) is 12.1 Å². The van der Waals surface area contributed by atoms with Gasteiger partial charge in [-0.2, -0.15) is 0 Å². The predicted octanol–water partition coefficient (Wildman–Crippen LogP) is 0.196. The van der Waals surface area contributed by atoms with Gasteiger partial charge in [-0.3, -0.25) is 9.00 Å². The van der Waals surface area contributed by atoms with Gasteiger partial charge in [0, 0.05) is 35.9 Å². The normalized spacial score (nSPS) is 19.9. The van der Waals surface area contributed by atoms with E-state index in [4.69, 9.17) is 0 Å². The van der Waals surface area contributed by atoms with Crippen molar-refractivity contribution in [2.24, 2.45) is 0 Å². The van der Waals surface area contributed by atoms with E-state index in [-0.39, 0.29) is 11.9 Å². The van der Waals surface area contributed by atoms with Gasteiger partial charge in [0.05, 0.1) is 6.04 Å². The number of amides is 1. The van der Waals surface area contributed by atoms with Crippen molar-refractivity contribution in [3.8, 4) is 0 Å². The molecule has 0 bridgehead atoms. The summed E-state index contributed by atoms with van der Waals surface area (Å²) in [5, 5.41) is 6.05. The molecule has 5 heteroatoms. The van der Waals surface area contributed by atoms with Crippen molar-refractivity contribution >= 4 is 16.7 Å². The molecule has 4 nitrogen and oxygen atoms in total. The van der Waals surface area contributed by atoms with Gasteiger partial charge < -0.3 is 10.6 Å². The molecule has 2 N–H and O–H groups in total. The maximum Gasteiger partial charge on any atom is 0.237 e. The van der Waals surface area contributed by atoms with E-state index in [0.29, 0.717) is 12.3 Å². The van der Waals surface area contributed by atoms with Crippen molar-refractivity contribution in [1.29, 1.82) is 0 Å². The third-order valence-corrected chi connectivity index (χ3v) is 3.87. The second-order valence-corrected chi connectivity index (χ2v) is 6.03. The molecule has 1 aliphatic rings. The number of carbonyl (C=O) groups excluding carboxylic acids is 1. The summed E-state index contributed by atoms with van der Waals surface area (Å²) in [6.07, 6.45) is 2.36. The van der Waals surface area contributed by atoms with Gasteiger partial charge in [-0.15, -0.1) is 0 Å². The number of fused-ring (bicyclic) bond motifs is 1. The molecule has 0 aliphatic carbocycles. The van der Waals surface area contributed by atoms with Gasteiger partial charge in [0.25, 0.3) is 0 Å². The fourth-order valence-corrected chi connectivity index (χ4v) is 2.47. The molecule has 0 saturated carbocycles. The molecule has 0 spiro atoms. The molecule has 0 radical (unpaired) electrons. The van der Waals surface area contributed by atoms with Gasteiger partial charge in [0.15, 0.2) is 0 Å². The quantitative estimate of drug-likeness (QED) is 0.818. The molecule has 1 unspecified atom stereocenters. The molecule has 1 aromatic carbocycles. The predicted molar refractivity (Wildman–Crippen MR) is 72.7 cm³/mol. The summed E-state index contributed by atoms with van der Waals surface area (Å²) in [6, 6.07) is 7.98. The van der Waals surface area contributed by atoms with Crippen LogP contribution in [0.4, 0.5) is 0 Å². The maximum absolute atomic E-state index is 11.9. The first-order valence-electron chi connectivity index (χ1n) is 6.04. The average Bonchev–Trinajstić information content (AvgIpc) is 2.37. The molecule has 2 atom stereocenters. The number of rotatable bonds is 4. The van der Waals surface area contributed by atoms with Crippen molar-refractivity contribution in [3.63, 3.8) is 0 Å². The Kier molecular flexibility index (Phi) is 4.49. The fourth-order valence-electron chi connectivity index (χ4n) is 2.08. The Hall–Kier alpha value is -1.20. The zero-order valence-corrected chi connectivity index (χ0v) is 11.3. The molecular weight excluding hydrogens is 248 g/mol. The van der Waals surface area contributed by atoms with Crippen molar-refractivity contribution in [3.05, 3.63) is 35.4 Å². The Bertz CT molecular complexity index is 462. The first-order chi connectivity index (χ1) is 8.66. The summed E-state index contributed by atoms with van der Waals surface area (Å²) < 4.78 is 10.9. The van der Waals surface area contributed by atoms with E-state index < -0.39 is 10.8 Å². The average molecular weight is 266 g/mol. The second kappa shape index (κ2) is 6.11. The van der Waals surface area contributed by atoms with Crippen molar-refractivity contribution in [2.45, 2.75) is 19.0 Å². The highest BCUT2D eigenvalue weighted by atomic mass is 32.2. The van der Waals surface area contributed by atoms with Gasteiger partial charge in [0.1, 0.15) is 0 Å². The molecular formula is C13H18N2O2S. The van der Waals surface area contributed by atoms with E-state index in [0.717, 1.165) is 13.0 Å². The van der Waals surface area contributed by atoms with Crippen molar-refractivity contribution in [1.82, 2.24) is 10.6 Å². The van der Waals surface area contributed by atoms with E-state index in [1.165, 1.54) is 11.1 Å². The van der Waals surface area contributed by atoms with Crippen molar-refractivity contribution < 1.29 is 9.00 Å². The maximum atomic E-state index is 11.9. The number of hydrogen-bond acceptors (Lipinski definition) is 3. The van der Waals surface area contributed by atoms with Crippen LogP contribution in [0, 0.1) is 0 Å². The Morgan fingerprint density at radius 3 is 2.89 bits per heavy atom. The largest absolute Gasteiger partial charge is 0.354 e. The van der Waals surface area contributed by atoms with Crippen LogP contribution in [0.25, 0.3) is 0 Å². The number of carbonyl (C=O) groups is 1. The molecule has 1 aliphatic heterocycles. The second-order valence-electron chi connectivity index (χ2n) is 4.47. The van der Waals surface area contributed by atoms with E-state index in [1.54, 1.807) is 6.26 Å². The van der Waals surface area contributed by atoms with E-state index in [2.05, 4.69) is 22.8 Å². The molecule has 1 aromatic rings. The Labute approximate surface area is 110 Å². The molecule has 1 heterocycles. The van der Waals surface area contributed by atoms with E-state index >= 15 is 0 Å². The van der Waals surface area contributed by atoms with Crippen LogP contribution in [-0.4, -0.2) is 34.7 Å². The lowest BCUT2D eigenvalue weighted by atomic mass is 9.95. The number of benzene rings is 1. The molecule has 0 aromatic heterocycles. The van der Waals surface area contributed by atoms with Crippen LogP contribution in [0.5, 0.6) is 0 Å². The Morgan fingerprint density at radius 2 is 2.17 bits per heavy atom. The lowest BCUT2D eigenvalue weighted by Crippen LogP contribution is -2.48. The highest BCUT2D eigenvalue weighted by Gasteiger charge is 2.23. The molecule has 2 rings (SSSR count). The monoisotopic (exact) mass is 266 g/mol. The summed E-state index contributed by atoms with van der Waals surface area (Å²) in [4.78, 5) is 11.9. The smallest absolute Gasteiger partial charge is 0.237 e. The minimum Gasteiger partial charge on any atom is -0.354 e. The molecule has 1 amide bonds. The zero-order valence-electron chi connectivity index (χ0n) is 10.4. The molecule has 0 saturated heterocycles. The zero-order chi connectivity index (χ0) is 13.0. The van der Waals surface area contributed by atoms with Crippen LogP contribution in [0.3, 0.4) is 0 Å². The first kappa shape index (κ1) is 13.2. The molecule has 18 heavy (non-hydrogen) atoms. The standard InChI is InChI=1S/C13H18N2O2S/c1-18(17)7-6-14-13(16)12-8-10-4-2-3-5-11(10)9-15-12/h2-5,12,15H,6-9H2,1H3,(H,14,16)/t12-,18?/m1/s1. The molecule has 0 fully saturated rings. The number of nitrogens with one attached hydrogen (secondary N) is 2. The summed E-state index contributed by atoms with van der Waals surface area (Å²) >= 11 is 0. The van der Waals surface area contributed by atoms with Crippen molar-refractivity contribution in [2.75, 3.05) is 18.6 Å². The first-order valence-corrected chi connectivity index (χ1v) is 7.77. The van der Waals surface area contributed by atoms with Gasteiger partial charge in [0.2, 0.25) is 5.91 Å². The van der Waals surface area contributed by atoms with E-state index in [9.17, 15) is 9.00 Å². The summed E-state index contributed by atoms with van der Waals surface area (Å²) in [7, 11) is -0.858. The lowest BCUT2D eigenvalue weighted by molar-refractivity contribution is -0.123. The highest BCUT2D eigenvalue weighted by Crippen LogP contribution is 2.16. The van der Waals surface area contributed by atoms with Crippen LogP contribution in [0.15, 0.2) is 24.3 Å². The summed E-state index contributed by atoms with van der Waals surface area (Å²) in [5.41, 5.74) is 2.49. The van der Waals surface area contributed by atoms with Gasteiger partial charge >= 0.3 is 0 Å². The lowest BCUT2D eigenvalue weighted by Gasteiger charge is -2.25. The van der Waals surface area contributed by atoms with Crippen LogP contribution in [0.2, 0.25) is 0 Å². The SMILES string of the molecule is CS(=O)CCNC(=O)[C@H]1Cc2ccccc2CN1. The van der Waals surface area contributed by atoms with Gasteiger partial charge in [-0.05, 0) is 17.5 Å². The molecule has 98 valence electrons. The highest BCUT2D eigenvalue weighted by molar-refractivity contribution is 7.84. The summed E-state index contributed by atoms with van der Waals surface area (Å²) in [6.45, 7) is 1.20. The van der Waals surface area contributed by atoms with Crippen LogP contribution < -0.4 is 10.6 Å². The Balaban J connectivity index is 1.88. The summed E-state index contributed by atoms with van der Waals surface area (Å²) in [5.74, 6) is 0.504. The third-order valence-electron chi connectivity index (χ3n) is 3.09. The topological polar surface area (TPSA) is 58.2 Å². The van der Waals surface area contributed by atoms with Crippen LogP contribution >= 0.6 is 0 Å². The number of hydrogen-bond donors (Lipinski definition) is 2. The van der Waals surface area contributed by atoms with Crippen LogP contribution in [0.1, 0.15) is 11.1 Å².